The van der Waals surface area contributed by atoms with Gasteiger partial charge in [0.15, 0.2) is 0 Å². The van der Waals surface area contributed by atoms with Crippen molar-refractivity contribution in [1.82, 2.24) is 0 Å². The summed E-state index contributed by atoms with van der Waals surface area (Å²) < 4.78 is 0. The molecule has 39 heavy (non-hydrogen) atoms. The Bertz CT molecular complexity index is 1620. The maximum absolute atomic E-state index is 3.94. The Morgan fingerprint density at radius 2 is 1.46 bits per heavy atom. The van der Waals surface area contributed by atoms with Gasteiger partial charge in [0.2, 0.25) is 0 Å². The molecule has 1 atom stereocenters. The topological polar surface area (TPSA) is 0 Å². The summed E-state index contributed by atoms with van der Waals surface area (Å²) >= 11 is 0. The molecule has 3 heteroatoms. The summed E-state index contributed by atoms with van der Waals surface area (Å²) in [5.74, 6) is 0.283. The van der Waals surface area contributed by atoms with E-state index < -0.39 is 0 Å². The summed E-state index contributed by atoms with van der Waals surface area (Å²) in [6.45, 7) is 14.1. The molecule has 0 aromatic heterocycles. The van der Waals surface area contributed by atoms with Crippen LogP contribution >= 0.6 is 0 Å². The summed E-state index contributed by atoms with van der Waals surface area (Å²) in [6.07, 6.45) is 15.2. The second-order valence-corrected chi connectivity index (χ2v) is 13.2. The van der Waals surface area contributed by atoms with Crippen molar-refractivity contribution in [2.75, 3.05) is 0 Å². The standard InChI is InChI=1S/C36H39.2ClH.Zr/c1-35(2,3)26-18-16-25-20-31-30(29(25)21-26)22-32(36(4,5)6)33(24-13-8-7-9-14-24)34(31)28-19-17-23-12-10-11-15-27(23)28;;;/h10-12,15-19,21-22,28H,7-9,13-14H2,1-6H3;2*1H;/q-1;;;+3/p-2. The molecule has 0 spiro atoms. The number of hydrogen-bond acceptors (Lipinski definition) is 0. The van der Waals surface area contributed by atoms with Crippen LogP contribution in [0.25, 0.3) is 17.7 Å². The normalized spacial score (nSPS) is 17.2. The van der Waals surface area contributed by atoms with Crippen molar-refractivity contribution in [3.05, 3.63) is 109 Å². The Hall–Kier alpha value is -1.40. The SMILES string of the molecule is CC(C)(C)c1ccc2c(c1)=c1cc(C(C)(C)C)c(=C3CCCCC3)c(C3C=Cc4ccccc43)c1[C-]=2.[Cl-].[Cl-].[Zr+3]. The van der Waals surface area contributed by atoms with E-state index in [0.29, 0.717) is 0 Å². The van der Waals surface area contributed by atoms with Gasteiger partial charge in [-0.15, -0.1) is 33.4 Å². The molecule has 1 fully saturated rings. The van der Waals surface area contributed by atoms with E-state index in [9.17, 15) is 0 Å². The van der Waals surface area contributed by atoms with Crippen LogP contribution in [0.1, 0.15) is 113 Å². The molecule has 0 nitrogen and oxygen atoms in total. The third kappa shape index (κ3) is 5.71. The molecule has 0 aliphatic heterocycles. The van der Waals surface area contributed by atoms with Crippen molar-refractivity contribution in [1.29, 1.82) is 0 Å². The van der Waals surface area contributed by atoms with Crippen molar-refractivity contribution < 1.29 is 51.0 Å². The zero-order valence-electron chi connectivity index (χ0n) is 24.1. The molecule has 3 aliphatic rings. The summed E-state index contributed by atoms with van der Waals surface area (Å²) in [7, 11) is 0. The Morgan fingerprint density at radius 3 is 2.13 bits per heavy atom. The fourth-order valence-electron chi connectivity index (χ4n) is 6.54. The van der Waals surface area contributed by atoms with Crippen molar-refractivity contribution in [2.45, 2.75) is 90.4 Å². The number of hydrogen-bond donors (Lipinski definition) is 0. The van der Waals surface area contributed by atoms with Gasteiger partial charge in [-0.1, -0.05) is 124 Å². The monoisotopic (exact) mass is 631 g/mol. The molecular formula is C36H39Cl2Zr. The third-order valence-electron chi connectivity index (χ3n) is 8.53. The molecule has 1 unspecified atom stereocenters. The molecule has 1 saturated carbocycles. The van der Waals surface area contributed by atoms with E-state index in [-0.39, 0.29) is 67.8 Å². The second kappa shape index (κ2) is 11.8. The molecule has 201 valence electrons. The molecule has 3 aromatic carbocycles. The molecule has 6 rings (SSSR count). The van der Waals surface area contributed by atoms with Crippen molar-refractivity contribution in [3.8, 4) is 0 Å². The summed E-state index contributed by atoms with van der Waals surface area (Å²) in [6, 6.07) is 18.6. The quantitative estimate of drug-likeness (QED) is 0.281. The summed E-state index contributed by atoms with van der Waals surface area (Å²) in [5, 5.41) is 5.55. The zero-order chi connectivity index (χ0) is 25.2. The van der Waals surface area contributed by atoms with E-state index >= 15 is 0 Å². The van der Waals surface area contributed by atoms with E-state index in [1.807, 2.05) is 0 Å². The third-order valence-corrected chi connectivity index (χ3v) is 8.53. The Morgan fingerprint density at radius 1 is 0.769 bits per heavy atom. The van der Waals surface area contributed by atoms with Gasteiger partial charge in [-0.2, -0.15) is 0 Å². The Kier molecular flexibility index (Phi) is 9.75. The van der Waals surface area contributed by atoms with E-state index in [1.165, 1.54) is 81.1 Å². The van der Waals surface area contributed by atoms with Gasteiger partial charge >= 0.3 is 26.2 Å². The van der Waals surface area contributed by atoms with Crippen LogP contribution in [0.15, 0.2) is 54.6 Å². The molecule has 0 saturated heterocycles. The number of halogens is 2. The van der Waals surface area contributed by atoms with Crippen LogP contribution in [-0.4, -0.2) is 0 Å². The average molecular weight is 634 g/mol. The number of rotatable bonds is 1. The zero-order valence-corrected chi connectivity index (χ0v) is 28.1. The summed E-state index contributed by atoms with van der Waals surface area (Å²) in [4.78, 5) is 0. The van der Waals surface area contributed by atoms with Crippen LogP contribution in [0, 0.1) is 10.4 Å². The molecule has 1 radical (unpaired) electrons. The van der Waals surface area contributed by atoms with Crippen molar-refractivity contribution in [2.24, 2.45) is 0 Å². The number of fused-ring (bicyclic) bond motifs is 3. The van der Waals surface area contributed by atoms with Gasteiger partial charge < -0.3 is 24.8 Å². The molecule has 0 bridgehead atoms. The first kappa shape index (κ1) is 32.1. The van der Waals surface area contributed by atoms with Crippen LogP contribution in [-0.2, 0) is 37.0 Å². The molecular weight excluding hydrogens is 595 g/mol. The second-order valence-electron chi connectivity index (χ2n) is 13.2. The number of benzene rings is 3. The van der Waals surface area contributed by atoms with Gasteiger partial charge in [-0.3, -0.25) is 0 Å². The molecule has 0 amide bonds. The first-order valence-corrected chi connectivity index (χ1v) is 13.9. The smallest absolute Gasteiger partial charge is 1.00 e. The van der Waals surface area contributed by atoms with E-state index in [2.05, 4.69) is 108 Å². The van der Waals surface area contributed by atoms with Gasteiger partial charge in [0.1, 0.15) is 0 Å². The Balaban J connectivity index is 0.00000140. The van der Waals surface area contributed by atoms with Crippen LogP contribution in [0.4, 0.5) is 0 Å². The fourth-order valence-corrected chi connectivity index (χ4v) is 6.54. The van der Waals surface area contributed by atoms with E-state index in [0.717, 1.165) is 0 Å². The van der Waals surface area contributed by atoms with Gasteiger partial charge in [0.25, 0.3) is 0 Å². The fraction of sp³-hybridized carbons (Fsp3) is 0.389. The Labute approximate surface area is 266 Å². The first-order valence-electron chi connectivity index (χ1n) is 13.9. The molecule has 0 heterocycles. The molecule has 3 aliphatic carbocycles. The van der Waals surface area contributed by atoms with Crippen LogP contribution < -0.4 is 35.3 Å². The first-order chi connectivity index (χ1) is 17.1. The predicted octanol–water partition coefficient (Wildman–Crippen LogP) is 1.87. The number of allylic oxidation sites excluding steroid dienone is 1. The maximum Gasteiger partial charge on any atom is 3.00 e. The van der Waals surface area contributed by atoms with Crippen molar-refractivity contribution >= 4 is 17.7 Å². The maximum atomic E-state index is 3.94. The van der Waals surface area contributed by atoms with E-state index in [1.54, 1.807) is 10.8 Å². The summed E-state index contributed by atoms with van der Waals surface area (Å²) in [5.41, 5.74) is 10.4. The minimum absolute atomic E-state index is 0. The van der Waals surface area contributed by atoms with Gasteiger partial charge in [-0.25, -0.2) is 0 Å². The minimum Gasteiger partial charge on any atom is -1.00 e. The largest absolute Gasteiger partial charge is 3.00 e. The molecule has 0 N–H and O–H groups in total. The predicted molar refractivity (Wildman–Crippen MR) is 154 cm³/mol. The van der Waals surface area contributed by atoms with Gasteiger partial charge in [0, 0.05) is 5.92 Å². The van der Waals surface area contributed by atoms with Crippen molar-refractivity contribution in [3.63, 3.8) is 0 Å². The minimum atomic E-state index is 0. The van der Waals surface area contributed by atoms with E-state index in [4.69, 9.17) is 0 Å². The van der Waals surface area contributed by atoms with Gasteiger partial charge in [-0.05, 0) is 53.2 Å². The van der Waals surface area contributed by atoms with Crippen LogP contribution in [0.3, 0.4) is 0 Å². The van der Waals surface area contributed by atoms with Crippen LogP contribution in [0.2, 0.25) is 0 Å². The van der Waals surface area contributed by atoms with Gasteiger partial charge in [0.05, 0.1) is 0 Å². The molecule has 3 aromatic rings. The van der Waals surface area contributed by atoms with Crippen LogP contribution in [0.5, 0.6) is 0 Å². The average Bonchev–Trinajstić information content (AvgIpc) is 3.43.